The maximum atomic E-state index is 12.5. The minimum Gasteiger partial charge on any atom is -0.494 e. The number of nitrogen functional groups attached to an aromatic ring is 1. The molecule has 0 saturated heterocycles. The predicted molar refractivity (Wildman–Crippen MR) is 108 cm³/mol. The zero-order valence-corrected chi connectivity index (χ0v) is 15.9. The van der Waals surface area contributed by atoms with Gasteiger partial charge in [0.05, 0.1) is 12.6 Å². The molecule has 3 rings (SSSR count). The van der Waals surface area contributed by atoms with E-state index in [9.17, 15) is 4.79 Å². The number of fused-ring (bicyclic) bond motifs is 1. The molecule has 2 atom stereocenters. The van der Waals surface area contributed by atoms with Crippen molar-refractivity contribution in [3.63, 3.8) is 0 Å². The summed E-state index contributed by atoms with van der Waals surface area (Å²) in [5.74, 6) is 0.850. The minimum absolute atomic E-state index is 0. The molecular weight excluding hydrogens is 348 g/mol. The molecule has 4 nitrogen and oxygen atoms in total. The van der Waals surface area contributed by atoms with E-state index < -0.39 is 0 Å². The van der Waals surface area contributed by atoms with Crippen molar-refractivity contribution in [2.75, 3.05) is 12.3 Å². The van der Waals surface area contributed by atoms with Crippen LogP contribution < -0.4 is 15.8 Å². The summed E-state index contributed by atoms with van der Waals surface area (Å²) in [6.45, 7) is 2.49. The summed E-state index contributed by atoms with van der Waals surface area (Å²) in [7, 11) is 0. The number of rotatable bonds is 6. The zero-order valence-electron chi connectivity index (χ0n) is 15.1. The van der Waals surface area contributed by atoms with Crippen LogP contribution in [0.1, 0.15) is 43.4 Å². The van der Waals surface area contributed by atoms with Crippen LogP contribution in [0.2, 0.25) is 0 Å². The van der Waals surface area contributed by atoms with Gasteiger partial charge in [-0.1, -0.05) is 31.2 Å². The molecule has 0 radical (unpaired) electrons. The molecule has 26 heavy (non-hydrogen) atoms. The van der Waals surface area contributed by atoms with Crippen molar-refractivity contribution in [1.29, 1.82) is 0 Å². The molecule has 0 spiro atoms. The summed E-state index contributed by atoms with van der Waals surface area (Å²) in [5.41, 5.74) is 9.14. The largest absolute Gasteiger partial charge is 0.494 e. The number of nitrogens with two attached hydrogens (primary N) is 1. The highest BCUT2D eigenvalue weighted by Gasteiger charge is 2.23. The fraction of sp³-hybridized carbons (Fsp3) is 0.381. The van der Waals surface area contributed by atoms with E-state index in [2.05, 4.69) is 11.4 Å². The van der Waals surface area contributed by atoms with Crippen LogP contribution in [0.25, 0.3) is 0 Å². The third-order valence-electron chi connectivity index (χ3n) is 4.81. The van der Waals surface area contributed by atoms with Crippen LogP contribution in [0.3, 0.4) is 0 Å². The summed E-state index contributed by atoms with van der Waals surface area (Å²) in [4.78, 5) is 12.5. The van der Waals surface area contributed by atoms with E-state index in [1.807, 2.05) is 49.4 Å². The smallest absolute Gasteiger partial charge is 0.223 e. The number of ether oxygens (including phenoxy) is 1. The number of hydrogen-bond acceptors (Lipinski definition) is 3. The number of amides is 1. The quantitative estimate of drug-likeness (QED) is 0.741. The Morgan fingerprint density at radius 1 is 1.27 bits per heavy atom. The van der Waals surface area contributed by atoms with Gasteiger partial charge in [-0.15, -0.1) is 12.4 Å². The van der Waals surface area contributed by atoms with Gasteiger partial charge in [0.15, 0.2) is 0 Å². The van der Waals surface area contributed by atoms with Crippen molar-refractivity contribution in [2.24, 2.45) is 5.92 Å². The lowest BCUT2D eigenvalue weighted by molar-refractivity contribution is -0.125. The van der Waals surface area contributed by atoms with Crippen molar-refractivity contribution >= 4 is 24.0 Å². The van der Waals surface area contributed by atoms with Crippen LogP contribution in [0.4, 0.5) is 5.69 Å². The highest BCUT2D eigenvalue weighted by Crippen LogP contribution is 2.31. The summed E-state index contributed by atoms with van der Waals surface area (Å²) in [6.07, 6.45) is 3.79. The minimum atomic E-state index is -0.0807. The van der Waals surface area contributed by atoms with Crippen LogP contribution >= 0.6 is 12.4 Å². The summed E-state index contributed by atoms with van der Waals surface area (Å²) >= 11 is 0. The van der Waals surface area contributed by atoms with E-state index in [-0.39, 0.29) is 30.3 Å². The maximum Gasteiger partial charge on any atom is 0.223 e. The Morgan fingerprint density at radius 3 is 2.81 bits per heavy atom. The molecule has 0 fully saturated rings. The van der Waals surface area contributed by atoms with Gasteiger partial charge >= 0.3 is 0 Å². The van der Waals surface area contributed by atoms with E-state index in [1.165, 1.54) is 11.1 Å². The molecule has 0 bridgehead atoms. The van der Waals surface area contributed by atoms with Gasteiger partial charge in [0, 0.05) is 11.6 Å². The normalized spacial score (nSPS) is 16.7. The fourth-order valence-corrected chi connectivity index (χ4v) is 3.30. The van der Waals surface area contributed by atoms with Gasteiger partial charge in [0.2, 0.25) is 5.91 Å². The molecule has 1 amide bonds. The molecule has 1 aliphatic carbocycles. The first-order valence-corrected chi connectivity index (χ1v) is 9.00. The first-order valence-electron chi connectivity index (χ1n) is 9.00. The molecule has 2 aromatic rings. The number of hydrogen-bond donors (Lipinski definition) is 2. The molecule has 2 aromatic carbocycles. The predicted octanol–water partition coefficient (Wildman–Crippen LogP) is 4.29. The average molecular weight is 375 g/mol. The topological polar surface area (TPSA) is 64.3 Å². The van der Waals surface area contributed by atoms with Gasteiger partial charge in [0.1, 0.15) is 5.75 Å². The highest BCUT2D eigenvalue weighted by molar-refractivity contribution is 5.85. The number of anilines is 1. The lowest BCUT2D eigenvalue weighted by atomic mass is 9.87. The summed E-state index contributed by atoms with van der Waals surface area (Å²) in [5, 5.41) is 3.21. The Bertz CT molecular complexity index is 721. The fourth-order valence-electron chi connectivity index (χ4n) is 3.30. The second kappa shape index (κ2) is 9.48. The second-order valence-electron chi connectivity index (χ2n) is 6.76. The lowest BCUT2D eigenvalue weighted by Crippen LogP contribution is -2.35. The molecule has 1 aliphatic rings. The van der Waals surface area contributed by atoms with Crippen molar-refractivity contribution in [3.8, 4) is 5.75 Å². The van der Waals surface area contributed by atoms with Crippen molar-refractivity contribution in [3.05, 3.63) is 59.7 Å². The molecule has 0 saturated carbocycles. The van der Waals surface area contributed by atoms with Crippen LogP contribution in [0.15, 0.2) is 48.5 Å². The molecule has 0 aliphatic heterocycles. The van der Waals surface area contributed by atoms with Crippen molar-refractivity contribution in [1.82, 2.24) is 5.32 Å². The van der Waals surface area contributed by atoms with Gasteiger partial charge in [0.25, 0.3) is 0 Å². The number of aryl methyl sites for hydroxylation is 1. The number of carbonyl (C=O) groups excluding carboxylic acids is 1. The molecule has 0 heterocycles. The lowest BCUT2D eigenvalue weighted by Gasteiger charge is -2.28. The maximum absolute atomic E-state index is 12.5. The average Bonchev–Trinajstić information content (AvgIpc) is 2.62. The van der Waals surface area contributed by atoms with Crippen LogP contribution in [-0.4, -0.2) is 12.5 Å². The second-order valence-corrected chi connectivity index (χ2v) is 6.76. The van der Waals surface area contributed by atoms with Crippen LogP contribution in [0, 0.1) is 5.92 Å². The number of para-hydroxylation sites is 1. The number of carbonyl (C=O) groups is 1. The van der Waals surface area contributed by atoms with Gasteiger partial charge in [-0.3, -0.25) is 4.79 Å². The number of nitrogens with one attached hydrogen (secondary N) is 1. The van der Waals surface area contributed by atoms with Gasteiger partial charge < -0.3 is 15.8 Å². The molecule has 3 N–H and O–H groups in total. The Labute approximate surface area is 161 Å². The van der Waals surface area contributed by atoms with Gasteiger partial charge in [-0.2, -0.15) is 0 Å². The number of halogens is 1. The van der Waals surface area contributed by atoms with E-state index in [4.69, 9.17) is 10.5 Å². The number of benzene rings is 2. The zero-order chi connectivity index (χ0) is 17.6. The van der Waals surface area contributed by atoms with E-state index >= 15 is 0 Å². The standard InChI is InChI=1S/C21H26N2O2.ClH/c1-15(12-13-25-18-7-3-2-4-8-18)21(24)23-20-9-5-6-16-14-17(22)10-11-19(16)20;/h2-4,7-8,10-11,14-15,20H,5-6,9,12-13,22H2,1H3,(H,23,24);1H. The monoisotopic (exact) mass is 374 g/mol. The van der Waals surface area contributed by atoms with E-state index in [1.54, 1.807) is 0 Å². The van der Waals surface area contributed by atoms with Crippen molar-refractivity contribution < 1.29 is 9.53 Å². The first-order chi connectivity index (χ1) is 12.1. The highest BCUT2D eigenvalue weighted by atomic mass is 35.5. The SMILES string of the molecule is CC(CCOc1ccccc1)C(=O)NC1CCCc2cc(N)ccc21.Cl. The van der Waals surface area contributed by atoms with E-state index in [0.717, 1.165) is 30.7 Å². The Hall–Kier alpha value is -2.20. The van der Waals surface area contributed by atoms with Gasteiger partial charge in [-0.05, 0) is 61.1 Å². The Kier molecular flexibility index (Phi) is 7.34. The van der Waals surface area contributed by atoms with Crippen molar-refractivity contribution in [2.45, 2.75) is 38.6 Å². The first kappa shape index (κ1) is 20.1. The molecule has 0 aromatic heterocycles. The van der Waals surface area contributed by atoms with Crippen LogP contribution in [-0.2, 0) is 11.2 Å². The summed E-state index contributed by atoms with van der Waals surface area (Å²) in [6, 6.07) is 15.8. The third kappa shape index (κ3) is 5.15. The molecule has 5 heteroatoms. The third-order valence-corrected chi connectivity index (χ3v) is 4.81. The Morgan fingerprint density at radius 2 is 2.04 bits per heavy atom. The van der Waals surface area contributed by atoms with Gasteiger partial charge in [-0.25, -0.2) is 0 Å². The van der Waals surface area contributed by atoms with E-state index in [0.29, 0.717) is 13.0 Å². The molecule has 2 unspecified atom stereocenters. The van der Waals surface area contributed by atoms with Crippen LogP contribution in [0.5, 0.6) is 5.75 Å². The molecular formula is C21H27ClN2O2. The Balaban J connectivity index is 0.00000243. The summed E-state index contributed by atoms with van der Waals surface area (Å²) < 4.78 is 5.69. The molecule has 140 valence electrons.